The number of ether oxygens (including phenoxy) is 3. The molecule has 7 nitrogen and oxygen atoms in total. The van der Waals surface area contributed by atoms with E-state index in [9.17, 15) is 14.7 Å². The summed E-state index contributed by atoms with van der Waals surface area (Å²) in [4.78, 5) is 23.5. The topological polar surface area (TPSA) is 94.1 Å². The average molecular weight is 373 g/mol. The van der Waals surface area contributed by atoms with Gasteiger partial charge in [0.2, 0.25) is 0 Å². The molecule has 0 saturated heterocycles. The number of amides is 1. The predicted octanol–water partition coefficient (Wildman–Crippen LogP) is 3.54. The largest absolute Gasteiger partial charge is 0.493 e. The van der Waals surface area contributed by atoms with Gasteiger partial charge in [-0.15, -0.1) is 0 Å². The number of benzene rings is 2. The number of anilines is 1. The van der Waals surface area contributed by atoms with Crippen molar-refractivity contribution in [2.24, 2.45) is 0 Å². The molecule has 2 N–H and O–H groups in total. The lowest BCUT2D eigenvalue weighted by atomic mass is 10.0. The van der Waals surface area contributed by atoms with Crippen molar-refractivity contribution in [2.45, 2.75) is 19.8 Å². The van der Waals surface area contributed by atoms with Crippen molar-refractivity contribution in [3.63, 3.8) is 0 Å². The minimum atomic E-state index is -1.15. The van der Waals surface area contributed by atoms with Gasteiger partial charge in [0.15, 0.2) is 18.1 Å². The average Bonchev–Trinajstić information content (AvgIpc) is 2.65. The Bertz CT molecular complexity index is 814. The smallest absolute Gasteiger partial charge is 0.335 e. The maximum atomic E-state index is 12.2. The Morgan fingerprint density at radius 1 is 1.07 bits per heavy atom. The van der Waals surface area contributed by atoms with Gasteiger partial charge in [-0.25, -0.2) is 4.79 Å². The van der Waals surface area contributed by atoms with Crippen molar-refractivity contribution in [2.75, 3.05) is 26.1 Å². The number of carboxylic acid groups (broad SMARTS) is 1. The third-order valence-electron chi connectivity index (χ3n) is 3.92. The van der Waals surface area contributed by atoms with Gasteiger partial charge in [0.25, 0.3) is 5.91 Å². The predicted molar refractivity (Wildman–Crippen MR) is 101 cm³/mol. The van der Waals surface area contributed by atoms with Crippen LogP contribution in [0.15, 0.2) is 36.4 Å². The molecule has 0 aliphatic carbocycles. The van der Waals surface area contributed by atoms with Crippen molar-refractivity contribution in [3.05, 3.63) is 47.5 Å². The van der Waals surface area contributed by atoms with Crippen molar-refractivity contribution in [3.8, 4) is 17.2 Å². The molecular weight excluding hydrogens is 350 g/mol. The zero-order valence-electron chi connectivity index (χ0n) is 15.7. The lowest BCUT2D eigenvalue weighted by molar-refractivity contribution is -0.118. The van der Waals surface area contributed by atoms with Gasteiger partial charge < -0.3 is 24.6 Å². The van der Waals surface area contributed by atoms with Crippen LogP contribution in [-0.4, -0.2) is 37.8 Å². The summed E-state index contributed by atoms with van der Waals surface area (Å²) in [5, 5.41) is 11.8. The van der Waals surface area contributed by atoms with E-state index in [4.69, 9.17) is 14.2 Å². The molecule has 0 spiro atoms. The third kappa shape index (κ3) is 5.13. The number of hydrogen-bond acceptors (Lipinski definition) is 5. The highest BCUT2D eigenvalue weighted by atomic mass is 16.5. The van der Waals surface area contributed by atoms with Crippen molar-refractivity contribution in [1.82, 2.24) is 0 Å². The Labute approximate surface area is 157 Å². The Morgan fingerprint density at radius 2 is 1.74 bits per heavy atom. The van der Waals surface area contributed by atoms with Crippen molar-refractivity contribution < 1.29 is 28.9 Å². The lowest BCUT2D eigenvalue weighted by Crippen LogP contribution is -2.21. The van der Waals surface area contributed by atoms with Gasteiger partial charge in [0, 0.05) is 0 Å². The summed E-state index contributed by atoms with van der Waals surface area (Å²) < 4.78 is 15.8. The molecule has 0 aliphatic heterocycles. The first-order valence-corrected chi connectivity index (χ1v) is 8.37. The molecule has 0 aromatic heterocycles. The molecule has 2 aromatic carbocycles. The molecule has 0 atom stereocenters. The molecule has 7 heteroatoms. The molecule has 2 aromatic rings. The second kappa shape index (κ2) is 8.93. The number of carbonyl (C=O) groups is 2. The SMILES string of the molecule is COc1cc(C(=O)O)cc(NC(=O)COc2ccc(C(C)C)cc2)c1OC. The molecule has 1 amide bonds. The van der Waals surface area contributed by atoms with Crippen molar-refractivity contribution >= 4 is 17.6 Å². The number of carbonyl (C=O) groups excluding carboxylic acids is 1. The van der Waals surface area contributed by atoms with Gasteiger partial charge in [-0.3, -0.25) is 4.79 Å². The van der Waals surface area contributed by atoms with E-state index in [2.05, 4.69) is 19.2 Å². The summed E-state index contributed by atoms with van der Waals surface area (Å²) in [6, 6.07) is 10.1. The number of carboxylic acids is 1. The Hall–Kier alpha value is -3.22. The summed E-state index contributed by atoms with van der Waals surface area (Å²) in [6.07, 6.45) is 0. The molecular formula is C20H23NO6. The zero-order chi connectivity index (χ0) is 20.0. The Morgan fingerprint density at radius 3 is 2.26 bits per heavy atom. The first-order chi connectivity index (χ1) is 12.8. The number of methoxy groups -OCH3 is 2. The van der Waals surface area contributed by atoms with Crippen LogP contribution in [0.2, 0.25) is 0 Å². The number of nitrogens with one attached hydrogen (secondary N) is 1. The van der Waals surface area contributed by atoms with E-state index in [0.29, 0.717) is 11.7 Å². The van der Waals surface area contributed by atoms with Crippen LogP contribution < -0.4 is 19.5 Å². The fourth-order valence-electron chi connectivity index (χ4n) is 2.46. The van der Waals surface area contributed by atoms with Crippen LogP contribution in [0.25, 0.3) is 0 Å². The maximum absolute atomic E-state index is 12.2. The highest BCUT2D eigenvalue weighted by Crippen LogP contribution is 2.36. The molecule has 0 radical (unpaired) electrons. The molecule has 0 bridgehead atoms. The van der Waals surface area contributed by atoms with Crippen LogP contribution in [0.3, 0.4) is 0 Å². The molecule has 0 saturated carbocycles. The minimum Gasteiger partial charge on any atom is -0.493 e. The Kier molecular flexibility index (Phi) is 6.65. The highest BCUT2D eigenvalue weighted by molar-refractivity contribution is 5.97. The molecule has 0 unspecified atom stereocenters. The van der Waals surface area contributed by atoms with Gasteiger partial charge in [0.1, 0.15) is 5.75 Å². The molecule has 2 rings (SSSR count). The van der Waals surface area contributed by atoms with Crippen molar-refractivity contribution in [1.29, 1.82) is 0 Å². The van der Waals surface area contributed by atoms with Crippen LogP contribution in [0.5, 0.6) is 17.2 Å². The van der Waals surface area contributed by atoms with E-state index in [1.807, 2.05) is 12.1 Å². The lowest BCUT2D eigenvalue weighted by Gasteiger charge is -2.15. The number of aromatic carboxylic acids is 1. The van der Waals surface area contributed by atoms with E-state index in [1.165, 1.54) is 31.9 Å². The van der Waals surface area contributed by atoms with E-state index in [1.54, 1.807) is 12.1 Å². The fourth-order valence-corrected chi connectivity index (χ4v) is 2.46. The number of rotatable bonds is 8. The van der Waals surface area contributed by atoms with Crippen LogP contribution in [0.1, 0.15) is 35.7 Å². The van der Waals surface area contributed by atoms with Crippen LogP contribution in [0, 0.1) is 0 Å². The first kappa shape index (κ1) is 20.1. The summed E-state index contributed by atoms with van der Waals surface area (Å²) in [5.74, 6) is -0.182. The summed E-state index contributed by atoms with van der Waals surface area (Å²) in [6.45, 7) is 3.95. The van der Waals surface area contributed by atoms with Crippen LogP contribution >= 0.6 is 0 Å². The van der Waals surface area contributed by atoms with E-state index in [-0.39, 0.29) is 29.4 Å². The van der Waals surface area contributed by atoms with Gasteiger partial charge in [-0.05, 0) is 35.7 Å². The van der Waals surface area contributed by atoms with E-state index >= 15 is 0 Å². The van der Waals surface area contributed by atoms with Gasteiger partial charge in [0.05, 0.1) is 25.5 Å². The summed E-state index contributed by atoms with van der Waals surface area (Å²) >= 11 is 0. The van der Waals surface area contributed by atoms with Gasteiger partial charge in [-0.1, -0.05) is 26.0 Å². The maximum Gasteiger partial charge on any atom is 0.335 e. The molecule has 0 heterocycles. The third-order valence-corrected chi connectivity index (χ3v) is 3.92. The number of hydrogen-bond donors (Lipinski definition) is 2. The highest BCUT2D eigenvalue weighted by Gasteiger charge is 2.17. The van der Waals surface area contributed by atoms with Crippen LogP contribution in [-0.2, 0) is 4.79 Å². The first-order valence-electron chi connectivity index (χ1n) is 8.37. The second-order valence-corrected chi connectivity index (χ2v) is 6.13. The van der Waals surface area contributed by atoms with Gasteiger partial charge in [-0.2, -0.15) is 0 Å². The monoisotopic (exact) mass is 373 g/mol. The summed E-state index contributed by atoms with van der Waals surface area (Å²) in [7, 11) is 2.79. The standard InChI is InChI=1S/C20H23NO6/c1-12(2)13-5-7-15(8-6-13)27-11-18(22)21-16-9-14(20(23)24)10-17(25-3)19(16)26-4/h5-10,12H,11H2,1-4H3,(H,21,22)(H,23,24). The van der Waals surface area contributed by atoms with Gasteiger partial charge >= 0.3 is 5.97 Å². The fraction of sp³-hybridized carbons (Fsp3) is 0.300. The second-order valence-electron chi connectivity index (χ2n) is 6.13. The quantitative estimate of drug-likeness (QED) is 0.735. The minimum absolute atomic E-state index is 0.0341. The molecule has 0 fully saturated rings. The van der Waals surface area contributed by atoms with Crippen LogP contribution in [0.4, 0.5) is 5.69 Å². The van der Waals surface area contributed by atoms with E-state index < -0.39 is 11.9 Å². The Balaban J connectivity index is 2.10. The normalized spacial score (nSPS) is 10.4. The summed E-state index contributed by atoms with van der Waals surface area (Å²) in [5.41, 5.74) is 1.33. The molecule has 27 heavy (non-hydrogen) atoms. The zero-order valence-corrected chi connectivity index (χ0v) is 15.7. The molecule has 144 valence electrons. The van der Waals surface area contributed by atoms with E-state index in [0.717, 1.165) is 0 Å². The molecule has 0 aliphatic rings.